The minimum absolute atomic E-state index is 0.0855. The van der Waals surface area contributed by atoms with E-state index < -0.39 is 5.97 Å². The topological polar surface area (TPSA) is 86.6 Å². The van der Waals surface area contributed by atoms with Gasteiger partial charge in [-0.3, -0.25) is 4.99 Å². The molecule has 0 aliphatic carbocycles. The molecule has 0 fully saturated rings. The van der Waals surface area contributed by atoms with Crippen LogP contribution in [0.4, 0.5) is 5.69 Å². The number of hydrogen-bond acceptors (Lipinski definition) is 7. The van der Waals surface area contributed by atoms with Crippen LogP contribution in [-0.4, -0.2) is 38.1 Å². The van der Waals surface area contributed by atoms with Gasteiger partial charge in [-0.1, -0.05) is 30.3 Å². The monoisotopic (exact) mass is 461 g/mol. The predicted octanol–water partition coefficient (Wildman–Crippen LogP) is 5.52. The molecular formula is C27H27NO6. The number of methoxy groups -OCH3 is 2. The third-order valence-corrected chi connectivity index (χ3v) is 4.84. The maximum absolute atomic E-state index is 12.6. The van der Waals surface area contributed by atoms with Crippen LogP contribution in [0.15, 0.2) is 83.4 Å². The molecule has 0 spiro atoms. The minimum Gasteiger partial charge on any atom is -0.506 e. The highest BCUT2D eigenvalue weighted by Gasteiger charge is 2.18. The molecule has 0 unspecified atom stereocenters. The number of carbonyl (C=O) groups excluding carboxylic acids is 1. The number of aliphatic hydroxyl groups is 1. The lowest BCUT2D eigenvalue weighted by Gasteiger charge is -2.13. The molecule has 0 aromatic heterocycles. The van der Waals surface area contributed by atoms with E-state index in [9.17, 15) is 9.90 Å². The Morgan fingerprint density at radius 1 is 0.941 bits per heavy atom. The van der Waals surface area contributed by atoms with Gasteiger partial charge in [-0.25, -0.2) is 4.79 Å². The number of rotatable bonds is 10. The van der Waals surface area contributed by atoms with Gasteiger partial charge in [-0.2, -0.15) is 0 Å². The molecule has 0 aliphatic rings. The molecule has 0 atom stereocenters. The summed E-state index contributed by atoms with van der Waals surface area (Å²) in [7, 11) is 3.08. The molecule has 0 saturated heterocycles. The smallest absolute Gasteiger partial charge is 0.343 e. The number of aliphatic hydroxyl groups excluding tert-OH is 1. The highest BCUT2D eigenvalue weighted by Crippen LogP contribution is 2.32. The second-order valence-electron chi connectivity index (χ2n) is 7.08. The second kappa shape index (κ2) is 12.1. The Balaban J connectivity index is 1.89. The van der Waals surface area contributed by atoms with Crippen molar-refractivity contribution < 1.29 is 28.8 Å². The van der Waals surface area contributed by atoms with Crippen LogP contribution in [-0.2, 0) is 16.1 Å². The molecule has 3 aromatic carbocycles. The molecular weight excluding hydrogens is 434 g/mol. The van der Waals surface area contributed by atoms with Gasteiger partial charge in [0.25, 0.3) is 0 Å². The van der Waals surface area contributed by atoms with E-state index in [1.54, 1.807) is 56.5 Å². The zero-order valence-corrected chi connectivity index (χ0v) is 19.4. The van der Waals surface area contributed by atoms with E-state index in [4.69, 9.17) is 18.9 Å². The SMILES string of the molecule is CCOC(=O)/C(C=Nc1ccc(OC)cc1)=C(\O)c1ccc(OCc2ccccc2)c(OC)c1. The highest BCUT2D eigenvalue weighted by molar-refractivity contribution is 6.15. The average molecular weight is 462 g/mol. The minimum atomic E-state index is -0.694. The van der Waals surface area contributed by atoms with Gasteiger partial charge in [0.1, 0.15) is 23.7 Å². The number of esters is 1. The summed E-state index contributed by atoms with van der Waals surface area (Å²) in [4.78, 5) is 16.9. The number of nitrogens with zero attached hydrogens (tertiary/aromatic N) is 1. The van der Waals surface area contributed by atoms with Crippen molar-refractivity contribution in [2.45, 2.75) is 13.5 Å². The fourth-order valence-corrected chi connectivity index (χ4v) is 3.05. The van der Waals surface area contributed by atoms with Gasteiger partial charge in [0.2, 0.25) is 0 Å². The van der Waals surface area contributed by atoms with Crippen LogP contribution in [0.5, 0.6) is 17.2 Å². The lowest BCUT2D eigenvalue weighted by atomic mass is 10.1. The highest BCUT2D eigenvalue weighted by atomic mass is 16.5. The van der Waals surface area contributed by atoms with Crippen molar-refractivity contribution in [3.63, 3.8) is 0 Å². The Morgan fingerprint density at radius 3 is 2.32 bits per heavy atom. The van der Waals surface area contributed by atoms with Gasteiger partial charge in [0, 0.05) is 11.8 Å². The lowest BCUT2D eigenvalue weighted by molar-refractivity contribution is -0.137. The van der Waals surface area contributed by atoms with Gasteiger partial charge >= 0.3 is 5.97 Å². The van der Waals surface area contributed by atoms with Crippen LogP contribution < -0.4 is 14.2 Å². The van der Waals surface area contributed by atoms with Crippen molar-refractivity contribution in [1.29, 1.82) is 0 Å². The summed E-state index contributed by atoms with van der Waals surface area (Å²) in [5, 5.41) is 10.9. The normalized spacial score (nSPS) is 11.6. The summed E-state index contributed by atoms with van der Waals surface area (Å²) in [5.74, 6) is 0.622. The largest absolute Gasteiger partial charge is 0.506 e. The molecule has 0 aliphatic heterocycles. The van der Waals surface area contributed by atoms with Gasteiger partial charge < -0.3 is 24.1 Å². The summed E-state index contributed by atoms with van der Waals surface area (Å²) in [5.41, 5.74) is 1.86. The summed E-state index contributed by atoms with van der Waals surface area (Å²) in [6.45, 7) is 2.21. The first kappa shape index (κ1) is 24.4. The lowest BCUT2D eigenvalue weighted by Crippen LogP contribution is -2.11. The number of hydrogen-bond donors (Lipinski definition) is 1. The first-order chi connectivity index (χ1) is 16.5. The quantitative estimate of drug-likeness (QED) is 0.185. The van der Waals surface area contributed by atoms with Gasteiger partial charge in [-0.05, 0) is 55.0 Å². The molecule has 0 amide bonds. The second-order valence-corrected chi connectivity index (χ2v) is 7.08. The average Bonchev–Trinajstić information content (AvgIpc) is 2.88. The van der Waals surface area contributed by atoms with E-state index >= 15 is 0 Å². The number of benzene rings is 3. The first-order valence-electron chi connectivity index (χ1n) is 10.7. The number of carbonyl (C=O) groups is 1. The summed E-state index contributed by atoms with van der Waals surface area (Å²) < 4.78 is 21.6. The van der Waals surface area contributed by atoms with Gasteiger partial charge in [0.05, 0.1) is 26.5 Å². The molecule has 3 rings (SSSR count). The molecule has 0 saturated carbocycles. The zero-order valence-electron chi connectivity index (χ0n) is 19.4. The summed E-state index contributed by atoms with van der Waals surface area (Å²) in [6, 6.07) is 21.6. The summed E-state index contributed by atoms with van der Waals surface area (Å²) in [6.07, 6.45) is 1.28. The van der Waals surface area contributed by atoms with Crippen molar-refractivity contribution in [1.82, 2.24) is 0 Å². The number of aliphatic imine (C=N–C) groups is 1. The van der Waals surface area contributed by atoms with Crippen LogP contribution in [0.25, 0.3) is 5.76 Å². The molecule has 34 heavy (non-hydrogen) atoms. The predicted molar refractivity (Wildman–Crippen MR) is 131 cm³/mol. The molecule has 3 aromatic rings. The molecule has 0 heterocycles. The fraction of sp³-hybridized carbons (Fsp3) is 0.185. The van der Waals surface area contributed by atoms with Gasteiger partial charge in [0.15, 0.2) is 11.5 Å². The van der Waals surface area contributed by atoms with E-state index in [2.05, 4.69) is 4.99 Å². The Morgan fingerprint density at radius 2 is 1.68 bits per heavy atom. The molecule has 0 radical (unpaired) electrons. The van der Waals surface area contributed by atoms with E-state index in [0.717, 1.165) is 5.56 Å². The number of ether oxygens (including phenoxy) is 4. The Kier molecular flexibility index (Phi) is 8.68. The van der Waals surface area contributed by atoms with Gasteiger partial charge in [-0.15, -0.1) is 0 Å². The summed E-state index contributed by atoms with van der Waals surface area (Å²) >= 11 is 0. The maximum atomic E-state index is 12.6. The van der Waals surface area contributed by atoms with E-state index in [1.165, 1.54) is 13.3 Å². The molecule has 176 valence electrons. The van der Waals surface area contributed by atoms with E-state index in [-0.39, 0.29) is 17.9 Å². The van der Waals surface area contributed by atoms with Crippen LogP contribution in [0.3, 0.4) is 0 Å². The Bertz CT molecular complexity index is 1150. The maximum Gasteiger partial charge on any atom is 0.343 e. The van der Waals surface area contributed by atoms with Crippen molar-refractivity contribution >= 4 is 23.6 Å². The molecule has 7 nitrogen and oxygen atoms in total. The third-order valence-electron chi connectivity index (χ3n) is 4.84. The standard InChI is InChI=1S/C27H27NO6/c1-4-33-27(30)23(17-28-21-11-13-22(31-2)14-12-21)26(29)20-10-15-24(25(16-20)32-3)34-18-19-8-6-5-7-9-19/h5-17,29H,4,18H2,1-3H3/b26-23-,28-17?. The van der Waals surface area contributed by atoms with Crippen LogP contribution in [0, 0.1) is 0 Å². The zero-order chi connectivity index (χ0) is 24.3. The van der Waals surface area contributed by atoms with Crippen LogP contribution in [0.2, 0.25) is 0 Å². The first-order valence-corrected chi connectivity index (χ1v) is 10.7. The Hall–Kier alpha value is -4.26. The molecule has 7 heteroatoms. The van der Waals surface area contributed by atoms with E-state index in [1.807, 2.05) is 30.3 Å². The third kappa shape index (κ3) is 6.38. The molecule has 0 bridgehead atoms. The van der Waals surface area contributed by atoms with Crippen LogP contribution in [0.1, 0.15) is 18.1 Å². The van der Waals surface area contributed by atoms with Crippen molar-refractivity contribution in [3.05, 3.63) is 89.5 Å². The Labute approximate surface area is 198 Å². The van der Waals surface area contributed by atoms with Crippen molar-refractivity contribution in [3.8, 4) is 17.2 Å². The van der Waals surface area contributed by atoms with E-state index in [0.29, 0.717) is 35.1 Å². The van der Waals surface area contributed by atoms with Crippen molar-refractivity contribution in [2.24, 2.45) is 4.99 Å². The fourth-order valence-electron chi connectivity index (χ4n) is 3.05. The molecule has 1 N–H and O–H groups in total. The van der Waals surface area contributed by atoms with Crippen molar-refractivity contribution in [2.75, 3.05) is 20.8 Å². The van der Waals surface area contributed by atoms with Crippen LogP contribution >= 0.6 is 0 Å².